The van der Waals surface area contributed by atoms with E-state index in [2.05, 4.69) is 0 Å². The van der Waals surface area contributed by atoms with E-state index in [4.69, 9.17) is 11.6 Å². The van der Waals surface area contributed by atoms with Crippen LogP contribution in [0.4, 0.5) is 4.39 Å². The van der Waals surface area contributed by atoms with Crippen LogP contribution in [-0.2, 0) is 22.3 Å². The predicted octanol–water partition coefficient (Wildman–Crippen LogP) is 3.93. The Hall–Kier alpha value is -1.19. The number of hydrogen-bond donors (Lipinski definition) is 0. The minimum Gasteiger partial charge on any atom is -0.259 e. The lowest BCUT2D eigenvalue weighted by molar-refractivity contribution is 0.626. The van der Waals surface area contributed by atoms with Crippen molar-refractivity contribution in [2.45, 2.75) is 11.5 Å². The highest BCUT2D eigenvalue weighted by Gasteiger charge is 2.04. The van der Waals surface area contributed by atoms with Crippen molar-refractivity contribution in [3.8, 4) is 0 Å². The van der Waals surface area contributed by atoms with E-state index in [1.54, 1.807) is 24.3 Å². The molecule has 4 heteroatoms. The van der Waals surface area contributed by atoms with Gasteiger partial charge in [-0.15, -0.1) is 0 Å². The lowest BCUT2D eigenvalue weighted by atomic mass is 10.2. The summed E-state index contributed by atoms with van der Waals surface area (Å²) in [5.74, 6) is 0.518. The van der Waals surface area contributed by atoms with Crippen molar-refractivity contribution in [2.24, 2.45) is 0 Å². The molecule has 0 aliphatic carbocycles. The smallest absolute Gasteiger partial charge is 0.123 e. The number of halogens is 2. The van der Waals surface area contributed by atoms with Crippen LogP contribution < -0.4 is 0 Å². The fraction of sp³-hybridized carbons (Fsp3) is 0.143. The van der Waals surface area contributed by atoms with E-state index in [-0.39, 0.29) is 5.82 Å². The maximum atomic E-state index is 13.0. The van der Waals surface area contributed by atoms with Gasteiger partial charge in [-0.2, -0.15) is 0 Å². The Bertz CT molecular complexity index is 554. The minimum atomic E-state index is -1.05. The van der Waals surface area contributed by atoms with Crippen LogP contribution >= 0.6 is 11.6 Å². The fourth-order valence-electron chi connectivity index (χ4n) is 1.63. The second-order valence-corrected chi connectivity index (χ2v) is 5.88. The molecule has 1 nitrogen and oxygen atoms in total. The van der Waals surface area contributed by atoms with Gasteiger partial charge in [0, 0.05) is 27.3 Å². The van der Waals surface area contributed by atoms with Gasteiger partial charge in [0.25, 0.3) is 0 Å². The molecule has 0 N–H and O–H groups in total. The Morgan fingerprint density at radius 2 is 1.67 bits per heavy atom. The summed E-state index contributed by atoms with van der Waals surface area (Å²) in [4.78, 5) is 0. The Morgan fingerprint density at radius 1 is 1.00 bits per heavy atom. The first-order valence-electron chi connectivity index (χ1n) is 5.47. The highest BCUT2D eigenvalue weighted by Crippen LogP contribution is 2.13. The maximum Gasteiger partial charge on any atom is 0.123 e. The molecule has 0 aromatic heterocycles. The van der Waals surface area contributed by atoms with E-state index in [1.807, 2.05) is 12.1 Å². The second-order valence-electron chi connectivity index (χ2n) is 3.98. The van der Waals surface area contributed by atoms with Gasteiger partial charge in [0.15, 0.2) is 0 Å². The van der Waals surface area contributed by atoms with Crippen LogP contribution in [0, 0.1) is 5.82 Å². The predicted molar refractivity (Wildman–Crippen MR) is 73.4 cm³/mol. The van der Waals surface area contributed by atoms with E-state index in [9.17, 15) is 8.60 Å². The van der Waals surface area contributed by atoms with Crippen LogP contribution in [0.5, 0.6) is 0 Å². The van der Waals surface area contributed by atoms with Gasteiger partial charge < -0.3 is 0 Å². The molecule has 2 aromatic rings. The summed E-state index contributed by atoms with van der Waals surface area (Å²) < 4.78 is 24.9. The summed E-state index contributed by atoms with van der Waals surface area (Å²) >= 11 is 5.78. The Morgan fingerprint density at radius 3 is 2.33 bits per heavy atom. The third-order valence-corrected chi connectivity index (χ3v) is 4.02. The molecular weight excluding hydrogens is 271 g/mol. The minimum absolute atomic E-state index is 0.295. The monoisotopic (exact) mass is 282 g/mol. The Labute approximate surface area is 113 Å². The van der Waals surface area contributed by atoms with Gasteiger partial charge in [0.1, 0.15) is 5.82 Å². The third kappa shape index (κ3) is 3.93. The summed E-state index contributed by atoms with van der Waals surface area (Å²) in [6.07, 6.45) is 0. The highest BCUT2D eigenvalue weighted by atomic mass is 35.5. The lowest BCUT2D eigenvalue weighted by Gasteiger charge is -2.03. The summed E-state index contributed by atoms with van der Waals surface area (Å²) in [6, 6.07) is 13.5. The van der Waals surface area contributed by atoms with Gasteiger partial charge in [-0.3, -0.25) is 4.21 Å². The van der Waals surface area contributed by atoms with Crippen molar-refractivity contribution in [1.29, 1.82) is 0 Å². The van der Waals surface area contributed by atoms with Gasteiger partial charge in [-0.05, 0) is 35.4 Å². The van der Waals surface area contributed by atoms with Crippen LogP contribution in [0.2, 0.25) is 5.02 Å². The molecule has 0 unspecified atom stereocenters. The molecule has 18 heavy (non-hydrogen) atoms. The number of benzene rings is 2. The van der Waals surface area contributed by atoms with Gasteiger partial charge in [0.05, 0.1) is 0 Å². The first kappa shape index (κ1) is 13.2. The third-order valence-electron chi connectivity index (χ3n) is 2.46. The molecule has 94 valence electrons. The van der Waals surface area contributed by atoms with Crippen molar-refractivity contribution < 1.29 is 8.60 Å². The molecule has 0 fully saturated rings. The van der Waals surface area contributed by atoms with E-state index >= 15 is 0 Å². The molecule has 0 saturated heterocycles. The van der Waals surface area contributed by atoms with Crippen molar-refractivity contribution in [3.63, 3.8) is 0 Å². The van der Waals surface area contributed by atoms with Gasteiger partial charge in [0.2, 0.25) is 0 Å². The standard InChI is InChI=1S/C14H12ClFOS/c15-13-6-4-11(5-7-13)9-18(17)10-12-2-1-3-14(16)8-12/h1-8H,9-10H2/t18-/m0/s1. The zero-order valence-corrected chi connectivity index (χ0v) is 11.2. The average molecular weight is 283 g/mol. The van der Waals surface area contributed by atoms with Crippen LogP contribution in [0.3, 0.4) is 0 Å². The molecule has 2 aromatic carbocycles. The van der Waals surface area contributed by atoms with Gasteiger partial charge in [-0.25, -0.2) is 4.39 Å². The van der Waals surface area contributed by atoms with E-state index in [0.717, 1.165) is 11.1 Å². The number of hydrogen-bond acceptors (Lipinski definition) is 1. The normalized spacial score (nSPS) is 12.3. The average Bonchev–Trinajstić information content (AvgIpc) is 2.32. The topological polar surface area (TPSA) is 17.1 Å². The number of rotatable bonds is 4. The molecule has 0 bridgehead atoms. The van der Waals surface area contributed by atoms with E-state index in [1.165, 1.54) is 12.1 Å². The molecule has 0 amide bonds. The van der Waals surface area contributed by atoms with E-state index in [0.29, 0.717) is 16.5 Å². The largest absolute Gasteiger partial charge is 0.259 e. The quantitative estimate of drug-likeness (QED) is 0.830. The summed E-state index contributed by atoms with van der Waals surface area (Å²) in [6.45, 7) is 0. The summed E-state index contributed by atoms with van der Waals surface area (Å²) in [5, 5.41) is 0.662. The van der Waals surface area contributed by atoms with Crippen molar-refractivity contribution >= 4 is 22.4 Å². The van der Waals surface area contributed by atoms with Crippen LogP contribution in [-0.4, -0.2) is 4.21 Å². The second kappa shape index (κ2) is 6.12. The Balaban J connectivity index is 1.98. The molecule has 0 radical (unpaired) electrons. The van der Waals surface area contributed by atoms with Gasteiger partial charge in [-0.1, -0.05) is 35.9 Å². The van der Waals surface area contributed by atoms with Crippen molar-refractivity contribution in [1.82, 2.24) is 0 Å². The van der Waals surface area contributed by atoms with Crippen LogP contribution in [0.15, 0.2) is 48.5 Å². The van der Waals surface area contributed by atoms with E-state index < -0.39 is 10.8 Å². The first-order chi connectivity index (χ1) is 8.63. The Kier molecular flexibility index (Phi) is 4.50. The lowest BCUT2D eigenvalue weighted by Crippen LogP contribution is -1.99. The van der Waals surface area contributed by atoms with Crippen molar-refractivity contribution in [3.05, 3.63) is 70.5 Å². The molecule has 1 atom stereocenters. The van der Waals surface area contributed by atoms with Crippen LogP contribution in [0.25, 0.3) is 0 Å². The van der Waals surface area contributed by atoms with Crippen molar-refractivity contribution in [2.75, 3.05) is 0 Å². The highest BCUT2D eigenvalue weighted by molar-refractivity contribution is 7.83. The molecule has 0 aliphatic rings. The SMILES string of the molecule is O=[S@@](Cc1ccc(Cl)cc1)Cc1cccc(F)c1. The maximum absolute atomic E-state index is 13.0. The summed E-state index contributed by atoms with van der Waals surface area (Å²) in [7, 11) is -1.05. The van der Waals surface area contributed by atoms with Gasteiger partial charge >= 0.3 is 0 Å². The molecule has 0 saturated carbocycles. The van der Waals surface area contributed by atoms with Crippen LogP contribution in [0.1, 0.15) is 11.1 Å². The zero-order valence-electron chi connectivity index (χ0n) is 9.61. The molecule has 0 heterocycles. The summed E-state index contributed by atoms with van der Waals surface area (Å²) in [5.41, 5.74) is 1.72. The zero-order chi connectivity index (χ0) is 13.0. The fourth-order valence-corrected chi connectivity index (χ4v) is 2.97. The molecule has 0 aliphatic heterocycles. The molecule has 2 rings (SSSR count). The molecule has 0 spiro atoms. The molecular formula is C14H12ClFOS. The first-order valence-corrected chi connectivity index (χ1v) is 7.34.